The zero-order valence-corrected chi connectivity index (χ0v) is 46.0. The van der Waals surface area contributed by atoms with E-state index >= 15 is 0 Å². The SMILES string of the molecule is CC(C)(C)c1ccc2c(c1)c1cc(C(C)(C)C)ccc1n2-c1ccc(C#Cc2ccc(/C(C#N)=C(\C#N)c3ccc(C#Cc4ccc(-n5c6ccc(C(C)(C)C)cc6c6cc(C(C)(C)C)ccc65)cc4)cc3)cc2)cc1. The molecule has 0 atom stereocenters. The lowest BCUT2D eigenvalue weighted by atomic mass is 9.85. The largest absolute Gasteiger partial charge is 0.309 e. The second-order valence-corrected chi connectivity index (χ2v) is 24.3. The van der Waals surface area contributed by atoms with E-state index in [1.165, 1.54) is 65.9 Å². The van der Waals surface area contributed by atoms with Crippen LogP contribution in [0.3, 0.4) is 0 Å². The van der Waals surface area contributed by atoms with Gasteiger partial charge in [-0.3, -0.25) is 0 Å². The molecule has 10 rings (SSSR count). The minimum absolute atomic E-state index is 0.0360. The Bertz CT molecular complexity index is 3740. The maximum absolute atomic E-state index is 10.4. The topological polar surface area (TPSA) is 57.4 Å². The van der Waals surface area contributed by atoms with E-state index in [2.05, 4.69) is 249 Å². The third-order valence-electron chi connectivity index (χ3n) is 14.8. The quantitative estimate of drug-likeness (QED) is 0.100. The Morgan fingerprint density at radius 3 is 0.737 bits per heavy atom. The maximum Gasteiger partial charge on any atom is 0.101 e. The highest BCUT2D eigenvalue weighted by Crippen LogP contribution is 2.40. The van der Waals surface area contributed by atoms with E-state index < -0.39 is 0 Å². The zero-order chi connectivity index (χ0) is 53.9. The average Bonchev–Trinajstić information content (AvgIpc) is 3.95. The molecule has 0 N–H and O–H groups in total. The molecule has 0 fully saturated rings. The van der Waals surface area contributed by atoms with Crippen LogP contribution in [0.5, 0.6) is 0 Å². The van der Waals surface area contributed by atoms with Crippen LogP contribution < -0.4 is 0 Å². The monoisotopic (exact) mass is 985 g/mol. The van der Waals surface area contributed by atoms with Crippen molar-refractivity contribution in [2.75, 3.05) is 0 Å². The van der Waals surface area contributed by atoms with Gasteiger partial charge in [0.2, 0.25) is 0 Å². The van der Waals surface area contributed by atoms with Crippen LogP contribution in [-0.4, -0.2) is 9.13 Å². The Balaban J connectivity index is 0.857. The lowest BCUT2D eigenvalue weighted by Gasteiger charge is -2.19. The summed E-state index contributed by atoms with van der Waals surface area (Å²) in [4.78, 5) is 0. The van der Waals surface area contributed by atoms with Crippen molar-refractivity contribution in [1.29, 1.82) is 10.5 Å². The number of allylic oxidation sites excluding steroid dienone is 2. The zero-order valence-electron chi connectivity index (χ0n) is 46.0. The molecule has 372 valence electrons. The summed E-state index contributed by atoms with van der Waals surface area (Å²) < 4.78 is 4.71. The van der Waals surface area contributed by atoms with Crippen molar-refractivity contribution >= 4 is 54.8 Å². The van der Waals surface area contributed by atoms with Crippen LogP contribution >= 0.6 is 0 Å². The maximum atomic E-state index is 10.4. The molecule has 0 saturated carbocycles. The van der Waals surface area contributed by atoms with Gasteiger partial charge < -0.3 is 9.13 Å². The van der Waals surface area contributed by atoms with Gasteiger partial charge in [-0.05, 0) is 176 Å². The standard InChI is InChI=1S/C72H64N4/c1-69(2,3)53-29-37-65-59(41-53)60-42-54(70(4,5)6)30-38-66(60)75(65)57-33-21-49(22-34-57)15-13-47-17-25-51(26-18-47)63(45-73)64(46-74)52-27-19-48(20-28-52)14-16-50-23-35-58(36-24-50)76-67-39-31-55(71(7,8)9)43-61(67)62-44-56(72(10,11)12)32-40-68(62)76/h17-44H,1-12H3/b64-63+. The molecule has 0 bridgehead atoms. The summed E-state index contributed by atoms with van der Waals surface area (Å²) in [6.07, 6.45) is 0. The van der Waals surface area contributed by atoms with E-state index in [1.54, 1.807) is 0 Å². The first-order chi connectivity index (χ1) is 36.1. The number of nitrogens with zero attached hydrogens (tertiary/aromatic N) is 4. The van der Waals surface area contributed by atoms with Crippen LogP contribution in [0.4, 0.5) is 0 Å². The number of benzene rings is 8. The van der Waals surface area contributed by atoms with Crippen LogP contribution in [0.2, 0.25) is 0 Å². The number of hydrogen-bond acceptors (Lipinski definition) is 2. The summed E-state index contributed by atoms with van der Waals surface area (Å²) in [7, 11) is 0. The first kappa shape index (κ1) is 50.7. The highest BCUT2D eigenvalue weighted by atomic mass is 15.0. The van der Waals surface area contributed by atoms with E-state index in [1.807, 2.05) is 48.5 Å². The second kappa shape index (κ2) is 19.2. The molecule has 2 heterocycles. The Kier molecular flexibility index (Phi) is 12.8. The summed E-state index contributed by atoms with van der Waals surface area (Å²) in [6, 6.07) is 64.1. The van der Waals surface area contributed by atoms with Crippen LogP contribution in [-0.2, 0) is 21.7 Å². The van der Waals surface area contributed by atoms with E-state index in [0.29, 0.717) is 22.3 Å². The van der Waals surface area contributed by atoms with Crippen LogP contribution in [0.25, 0.3) is 66.1 Å². The van der Waals surface area contributed by atoms with Crippen molar-refractivity contribution in [3.63, 3.8) is 0 Å². The summed E-state index contributed by atoms with van der Waals surface area (Å²) in [5, 5.41) is 25.8. The summed E-state index contributed by atoms with van der Waals surface area (Å²) >= 11 is 0. The van der Waals surface area contributed by atoms with Gasteiger partial charge in [0.25, 0.3) is 0 Å². The summed E-state index contributed by atoms with van der Waals surface area (Å²) in [5.41, 5.74) is 17.6. The third-order valence-corrected chi connectivity index (χ3v) is 14.8. The number of rotatable bonds is 4. The van der Waals surface area contributed by atoms with Crippen LogP contribution in [0, 0.1) is 46.3 Å². The van der Waals surface area contributed by atoms with Gasteiger partial charge >= 0.3 is 0 Å². The number of nitriles is 2. The molecule has 0 amide bonds. The predicted octanol–water partition coefficient (Wildman–Crippen LogP) is 17.8. The molecule has 0 aliphatic carbocycles. The van der Waals surface area contributed by atoms with Crippen molar-refractivity contribution in [2.24, 2.45) is 0 Å². The van der Waals surface area contributed by atoms with Gasteiger partial charge in [-0.15, -0.1) is 0 Å². The summed E-state index contributed by atoms with van der Waals surface area (Å²) in [5.74, 6) is 13.3. The van der Waals surface area contributed by atoms with Gasteiger partial charge in [0.1, 0.15) is 12.1 Å². The molecule has 4 nitrogen and oxygen atoms in total. The van der Waals surface area contributed by atoms with E-state index in [4.69, 9.17) is 0 Å². The molecular formula is C72H64N4. The fourth-order valence-corrected chi connectivity index (χ4v) is 10.1. The van der Waals surface area contributed by atoms with Crippen molar-refractivity contribution in [1.82, 2.24) is 9.13 Å². The minimum Gasteiger partial charge on any atom is -0.309 e. The number of aromatic nitrogens is 2. The lowest BCUT2D eigenvalue weighted by Crippen LogP contribution is -2.10. The molecule has 76 heavy (non-hydrogen) atoms. The minimum atomic E-state index is 0.0360. The fourth-order valence-electron chi connectivity index (χ4n) is 10.1. The second-order valence-electron chi connectivity index (χ2n) is 24.3. The molecule has 0 radical (unpaired) electrons. The fraction of sp³-hybridized carbons (Fsp3) is 0.222. The molecular weight excluding hydrogens is 921 g/mol. The van der Waals surface area contributed by atoms with E-state index in [-0.39, 0.29) is 21.7 Å². The first-order valence-corrected chi connectivity index (χ1v) is 26.3. The highest BCUT2D eigenvalue weighted by Gasteiger charge is 2.23. The Morgan fingerprint density at radius 2 is 0.526 bits per heavy atom. The Hall–Kier alpha value is -8.80. The van der Waals surface area contributed by atoms with Gasteiger partial charge in [-0.25, -0.2) is 0 Å². The van der Waals surface area contributed by atoms with Crippen molar-refractivity contribution in [3.8, 4) is 47.2 Å². The van der Waals surface area contributed by atoms with E-state index in [9.17, 15) is 10.5 Å². The Morgan fingerprint density at radius 1 is 0.303 bits per heavy atom. The van der Waals surface area contributed by atoms with Crippen LogP contribution in [0.15, 0.2) is 170 Å². The third kappa shape index (κ3) is 9.85. The summed E-state index contributed by atoms with van der Waals surface area (Å²) in [6.45, 7) is 27.2. The lowest BCUT2D eigenvalue weighted by molar-refractivity contribution is 0.590. The van der Waals surface area contributed by atoms with E-state index in [0.717, 1.165) is 33.6 Å². The van der Waals surface area contributed by atoms with Gasteiger partial charge in [0.15, 0.2) is 0 Å². The van der Waals surface area contributed by atoms with Crippen molar-refractivity contribution < 1.29 is 0 Å². The molecule has 0 spiro atoms. The normalized spacial score (nSPS) is 12.4. The molecule has 0 saturated heterocycles. The average molecular weight is 985 g/mol. The van der Waals surface area contributed by atoms with Crippen molar-refractivity contribution in [2.45, 2.75) is 105 Å². The number of fused-ring (bicyclic) bond motifs is 6. The molecule has 10 aromatic rings. The predicted molar refractivity (Wildman–Crippen MR) is 319 cm³/mol. The Labute approximate surface area is 449 Å². The molecule has 4 heteroatoms. The molecule has 0 aliphatic rings. The van der Waals surface area contributed by atoms with Crippen molar-refractivity contribution in [3.05, 3.63) is 225 Å². The molecule has 0 aliphatic heterocycles. The number of hydrogen-bond donors (Lipinski definition) is 0. The highest BCUT2D eigenvalue weighted by molar-refractivity contribution is 6.11. The smallest absolute Gasteiger partial charge is 0.101 e. The van der Waals surface area contributed by atoms with Gasteiger partial charge in [0, 0.05) is 55.2 Å². The molecule has 2 aromatic heterocycles. The van der Waals surface area contributed by atoms with Crippen LogP contribution in [0.1, 0.15) is 139 Å². The van der Waals surface area contributed by atoms with Gasteiger partial charge in [-0.2, -0.15) is 10.5 Å². The van der Waals surface area contributed by atoms with Gasteiger partial charge in [0.05, 0.1) is 33.2 Å². The first-order valence-electron chi connectivity index (χ1n) is 26.3. The van der Waals surface area contributed by atoms with Gasteiger partial charge in [-0.1, -0.05) is 155 Å². The molecule has 0 unspecified atom stereocenters. The molecule has 8 aromatic carbocycles.